The van der Waals surface area contributed by atoms with Crippen LogP contribution >= 0.6 is 0 Å². The first-order valence-electron chi connectivity index (χ1n) is 4.29. The molecule has 14 heavy (non-hydrogen) atoms. The Morgan fingerprint density at radius 1 is 1.50 bits per heavy atom. The number of nitrogens with two attached hydrogens (primary N) is 2. The van der Waals surface area contributed by atoms with Crippen molar-refractivity contribution in [1.82, 2.24) is 0 Å². The van der Waals surface area contributed by atoms with Crippen molar-refractivity contribution >= 4 is 11.6 Å². The molecule has 1 unspecified atom stereocenters. The van der Waals surface area contributed by atoms with Gasteiger partial charge in [0, 0.05) is 11.8 Å². The number of methoxy groups -OCH3 is 1. The number of amides is 1. The number of rotatable bonds is 3. The second-order valence-electron chi connectivity index (χ2n) is 3.12. The van der Waals surface area contributed by atoms with Crippen LogP contribution in [0.5, 0.6) is 5.75 Å². The highest BCUT2D eigenvalue weighted by Crippen LogP contribution is 2.25. The molecule has 1 aromatic rings. The van der Waals surface area contributed by atoms with Gasteiger partial charge in [0.05, 0.1) is 13.0 Å². The zero-order valence-electron chi connectivity index (χ0n) is 8.28. The summed E-state index contributed by atoms with van der Waals surface area (Å²) in [5, 5.41) is 0. The molecule has 4 heteroatoms. The Labute approximate surface area is 82.8 Å². The number of carbonyl (C=O) groups is 1. The van der Waals surface area contributed by atoms with Crippen LogP contribution in [0.2, 0.25) is 0 Å². The molecule has 4 nitrogen and oxygen atoms in total. The van der Waals surface area contributed by atoms with E-state index < -0.39 is 0 Å². The van der Waals surface area contributed by atoms with Crippen LogP contribution in [-0.2, 0) is 4.79 Å². The lowest BCUT2D eigenvalue weighted by Gasteiger charge is -2.11. The summed E-state index contributed by atoms with van der Waals surface area (Å²) in [6, 6.07) is 5.18. The van der Waals surface area contributed by atoms with Gasteiger partial charge in [-0.25, -0.2) is 0 Å². The molecule has 0 bridgehead atoms. The quantitative estimate of drug-likeness (QED) is 0.700. The van der Waals surface area contributed by atoms with E-state index in [4.69, 9.17) is 16.2 Å². The van der Waals surface area contributed by atoms with Crippen molar-refractivity contribution in [1.29, 1.82) is 0 Å². The Balaban J connectivity index is 3.05. The van der Waals surface area contributed by atoms with Crippen LogP contribution in [0.4, 0.5) is 5.69 Å². The number of hydrogen-bond acceptors (Lipinski definition) is 3. The van der Waals surface area contributed by atoms with E-state index >= 15 is 0 Å². The van der Waals surface area contributed by atoms with Crippen molar-refractivity contribution in [2.75, 3.05) is 12.8 Å². The number of ether oxygens (including phenoxy) is 1. The van der Waals surface area contributed by atoms with Crippen molar-refractivity contribution < 1.29 is 9.53 Å². The summed E-state index contributed by atoms with van der Waals surface area (Å²) in [5.74, 6) is -0.0920. The fourth-order valence-electron chi connectivity index (χ4n) is 1.23. The first-order chi connectivity index (χ1) is 6.56. The highest BCUT2D eigenvalue weighted by atomic mass is 16.5. The van der Waals surface area contributed by atoms with Crippen LogP contribution in [-0.4, -0.2) is 13.0 Å². The maximum Gasteiger partial charge on any atom is 0.224 e. The fraction of sp³-hybridized carbons (Fsp3) is 0.300. The molecule has 0 radical (unpaired) electrons. The Kier molecular flexibility index (Phi) is 2.96. The predicted molar refractivity (Wildman–Crippen MR) is 55.0 cm³/mol. The van der Waals surface area contributed by atoms with Gasteiger partial charge in [0.2, 0.25) is 5.91 Å². The smallest absolute Gasteiger partial charge is 0.224 e. The second kappa shape index (κ2) is 4.00. The largest absolute Gasteiger partial charge is 0.497 e. The maximum atomic E-state index is 10.9. The van der Waals surface area contributed by atoms with Crippen molar-refractivity contribution in [2.45, 2.75) is 12.8 Å². The summed E-state index contributed by atoms with van der Waals surface area (Å²) in [6.45, 7) is 1.72. The third-order valence-electron chi connectivity index (χ3n) is 2.19. The minimum Gasteiger partial charge on any atom is -0.497 e. The number of carbonyl (C=O) groups excluding carboxylic acids is 1. The molecule has 76 valence electrons. The minimum atomic E-state index is -0.387. The van der Waals surface area contributed by atoms with Crippen molar-refractivity contribution in [2.24, 2.45) is 5.73 Å². The van der Waals surface area contributed by atoms with E-state index in [2.05, 4.69) is 0 Å². The van der Waals surface area contributed by atoms with Gasteiger partial charge in [0.25, 0.3) is 0 Å². The van der Waals surface area contributed by atoms with Gasteiger partial charge in [0.15, 0.2) is 0 Å². The second-order valence-corrected chi connectivity index (χ2v) is 3.12. The van der Waals surface area contributed by atoms with Crippen LogP contribution in [0.3, 0.4) is 0 Å². The van der Waals surface area contributed by atoms with Gasteiger partial charge in [-0.15, -0.1) is 0 Å². The molecule has 0 aromatic heterocycles. The number of nitrogen functional groups attached to an aromatic ring is 1. The summed E-state index contributed by atoms with van der Waals surface area (Å²) in [6.07, 6.45) is 0. The third kappa shape index (κ3) is 1.96. The van der Waals surface area contributed by atoms with Crippen molar-refractivity contribution in [3.63, 3.8) is 0 Å². The van der Waals surface area contributed by atoms with E-state index in [0.717, 1.165) is 5.56 Å². The molecule has 4 N–H and O–H groups in total. The molecule has 0 aliphatic rings. The van der Waals surface area contributed by atoms with Crippen LogP contribution in [0.1, 0.15) is 18.4 Å². The first-order valence-corrected chi connectivity index (χ1v) is 4.29. The van der Waals surface area contributed by atoms with E-state index in [1.165, 1.54) is 0 Å². The monoisotopic (exact) mass is 194 g/mol. The van der Waals surface area contributed by atoms with E-state index in [9.17, 15) is 4.79 Å². The Hall–Kier alpha value is -1.71. The maximum absolute atomic E-state index is 10.9. The number of hydrogen-bond donors (Lipinski definition) is 2. The SMILES string of the molecule is COc1ccc(C(C)C(N)=O)c(N)c1. The van der Waals surface area contributed by atoms with Gasteiger partial charge in [0.1, 0.15) is 5.75 Å². The van der Waals surface area contributed by atoms with Gasteiger partial charge < -0.3 is 16.2 Å². The normalized spacial score (nSPS) is 12.1. The average Bonchev–Trinajstić information content (AvgIpc) is 2.16. The highest BCUT2D eigenvalue weighted by molar-refractivity contribution is 5.83. The number of anilines is 1. The van der Waals surface area contributed by atoms with Crippen LogP contribution in [0.25, 0.3) is 0 Å². The number of primary amides is 1. The molecule has 1 aromatic carbocycles. The molecule has 1 rings (SSSR count). The zero-order chi connectivity index (χ0) is 10.7. The predicted octanol–water partition coefficient (Wildman–Crippen LogP) is 0.866. The molecular formula is C10H14N2O2. The van der Waals surface area contributed by atoms with E-state index in [-0.39, 0.29) is 11.8 Å². The minimum absolute atomic E-state index is 0.374. The van der Waals surface area contributed by atoms with Crippen LogP contribution in [0.15, 0.2) is 18.2 Å². The standard InChI is InChI=1S/C10H14N2O2/c1-6(10(12)13)8-4-3-7(14-2)5-9(8)11/h3-6H,11H2,1-2H3,(H2,12,13). The Morgan fingerprint density at radius 2 is 2.14 bits per heavy atom. The molecule has 1 amide bonds. The van der Waals surface area contributed by atoms with Crippen LogP contribution < -0.4 is 16.2 Å². The average molecular weight is 194 g/mol. The van der Waals surface area contributed by atoms with Gasteiger partial charge >= 0.3 is 0 Å². The highest BCUT2D eigenvalue weighted by Gasteiger charge is 2.14. The molecule has 0 saturated carbocycles. The summed E-state index contributed by atoms with van der Waals surface area (Å²) in [7, 11) is 1.56. The van der Waals surface area contributed by atoms with Crippen molar-refractivity contribution in [3.05, 3.63) is 23.8 Å². The lowest BCUT2D eigenvalue weighted by Crippen LogP contribution is -2.19. The van der Waals surface area contributed by atoms with E-state index in [0.29, 0.717) is 11.4 Å². The topological polar surface area (TPSA) is 78.3 Å². The molecule has 0 fully saturated rings. The van der Waals surface area contributed by atoms with Crippen molar-refractivity contribution in [3.8, 4) is 5.75 Å². The summed E-state index contributed by atoms with van der Waals surface area (Å²) < 4.78 is 4.99. The van der Waals surface area contributed by atoms with E-state index in [1.807, 2.05) is 0 Å². The Morgan fingerprint density at radius 3 is 2.57 bits per heavy atom. The Bertz CT molecular complexity index is 350. The molecule has 0 aliphatic heterocycles. The van der Waals surface area contributed by atoms with Gasteiger partial charge in [-0.1, -0.05) is 6.07 Å². The van der Waals surface area contributed by atoms with Gasteiger partial charge in [-0.2, -0.15) is 0 Å². The molecular weight excluding hydrogens is 180 g/mol. The molecule has 0 aliphatic carbocycles. The molecule has 0 heterocycles. The fourth-order valence-corrected chi connectivity index (χ4v) is 1.23. The third-order valence-corrected chi connectivity index (χ3v) is 2.19. The number of benzene rings is 1. The molecule has 0 saturated heterocycles. The molecule has 0 spiro atoms. The lowest BCUT2D eigenvalue weighted by molar-refractivity contribution is -0.119. The summed E-state index contributed by atoms with van der Waals surface area (Å²) in [5.41, 5.74) is 12.2. The van der Waals surface area contributed by atoms with Crippen LogP contribution in [0, 0.1) is 0 Å². The lowest BCUT2D eigenvalue weighted by atomic mass is 9.99. The van der Waals surface area contributed by atoms with Gasteiger partial charge in [-0.3, -0.25) is 4.79 Å². The summed E-state index contributed by atoms with van der Waals surface area (Å²) >= 11 is 0. The summed E-state index contributed by atoms with van der Waals surface area (Å²) in [4.78, 5) is 10.9. The molecule has 1 atom stereocenters. The first kappa shape index (κ1) is 10.4. The van der Waals surface area contributed by atoms with Gasteiger partial charge in [-0.05, 0) is 18.6 Å². The van der Waals surface area contributed by atoms with E-state index in [1.54, 1.807) is 32.2 Å². The zero-order valence-corrected chi connectivity index (χ0v) is 8.28.